The van der Waals surface area contributed by atoms with Gasteiger partial charge in [-0.25, -0.2) is 13.1 Å². The maximum absolute atomic E-state index is 12.4. The van der Waals surface area contributed by atoms with Gasteiger partial charge in [-0.3, -0.25) is 9.78 Å². The fourth-order valence-corrected chi connectivity index (χ4v) is 3.63. The van der Waals surface area contributed by atoms with E-state index in [1.807, 2.05) is 6.07 Å². The Kier molecular flexibility index (Phi) is 6.11. The van der Waals surface area contributed by atoms with Crippen molar-refractivity contribution in [2.75, 3.05) is 7.11 Å². The molecule has 8 heteroatoms. The van der Waals surface area contributed by atoms with Crippen LogP contribution < -0.4 is 14.8 Å². The zero-order valence-corrected chi connectivity index (χ0v) is 15.1. The van der Waals surface area contributed by atoms with Crippen LogP contribution in [-0.4, -0.2) is 32.5 Å². The van der Waals surface area contributed by atoms with Gasteiger partial charge in [0.25, 0.3) is 5.91 Å². The number of benzene rings is 1. The number of nitrogens with one attached hydrogen (secondary N) is 2. The molecular formula is C17H21N3O4S. The van der Waals surface area contributed by atoms with Crippen molar-refractivity contribution in [2.24, 2.45) is 0 Å². The van der Waals surface area contributed by atoms with Crippen LogP contribution in [0.4, 0.5) is 0 Å². The Morgan fingerprint density at radius 2 is 2.04 bits per heavy atom. The van der Waals surface area contributed by atoms with Crippen LogP contribution in [0.2, 0.25) is 0 Å². The van der Waals surface area contributed by atoms with E-state index < -0.39 is 10.0 Å². The quantitative estimate of drug-likeness (QED) is 0.780. The third-order valence-electron chi connectivity index (χ3n) is 3.28. The summed E-state index contributed by atoms with van der Waals surface area (Å²) in [4.78, 5) is 16.2. The van der Waals surface area contributed by atoms with E-state index in [1.54, 1.807) is 32.3 Å². The van der Waals surface area contributed by atoms with Crippen molar-refractivity contribution in [3.05, 3.63) is 53.9 Å². The largest absolute Gasteiger partial charge is 0.495 e. The molecule has 0 saturated heterocycles. The van der Waals surface area contributed by atoms with E-state index in [9.17, 15) is 13.2 Å². The molecule has 1 aromatic carbocycles. The van der Waals surface area contributed by atoms with E-state index in [4.69, 9.17) is 4.74 Å². The molecule has 2 rings (SSSR count). The Bertz CT molecular complexity index is 836. The van der Waals surface area contributed by atoms with Crippen LogP contribution in [0.15, 0.2) is 47.6 Å². The molecule has 0 saturated carbocycles. The molecule has 2 aromatic rings. The van der Waals surface area contributed by atoms with E-state index in [1.165, 1.54) is 25.3 Å². The molecule has 134 valence electrons. The number of carbonyl (C=O) groups excluding carboxylic acids is 1. The number of pyridine rings is 1. The van der Waals surface area contributed by atoms with Gasteiger partial charge in [0.15, 0.2) is 0 Å². The van der Waals surface area contributed by atoms with Gasteiger partial charge in [0.1, 0.15) is 10.6 Å². The number of rotatable bonds is 7. The normalized spacial score (nSPS) is 11.4. The highest BCUT2D eigenvalue weighted by Crippen LogP contribution is 2.25. The van der Waals surface area contributed by atoms with Gasteiger partial charge in [-0.1, -0.05) is 6.07 Å². The Hall–Kier alpha value is -2.45. The number of ether oxygens (including phenoxy) is 1. The number of amides is 1. The molecule has 1 amide bonds. The van der Waals surface area contributed by atoms with Gasteiger partial charge in [0.05, 0.1) is 7.11 Å². The topological polar surface area (TPSA) is 97.4 Å². The summed E-state index contributed by atoms with van der Waals surface area (Å²) in [6.45, 7) is 3.73. The molecule has 0 radical (unpaired) electrons. The minimum atomic E-state index is -3.79. The SMILES string of the molecule is COc1ccc(C(=O)NCc2cccnc2)cc1S(=O)(=O)NC(C)C. The van der Waals surface area contributed by atoms with Gasteiger partial charge in [0.2, 0.25) is 10.0 Å². The molecule has 1 aromatic heterocycles. The first kappa shape index (κ1) is 18.9. The molecule has 2 N–H and O–H groups in total. The van der Waals surface area contributed by atoms with Crippen molar-refractivity contribution < 1.29 is 17.9 Å². The lowest BCUT2D eigenvalue weighted by molar-refractivity contribution is 0.0950. The van der Waals surface area contributed by atoms with Gasteiger partial charge in [-0.2, -0.15) is 0 Å². The van der Waals surface area contributed by atoms with Crippen molar-refractivity contribution in [3.8, 4) is 5.75 Å². The zero-order chi connectivity index (χ0) is 18.4. The highest BCUT2D eigenvalue weighted by molar-refractivity contribution is 7.89. The summed E-state index contributed by atoms with van der Waals surface area (Å²) in [5.41, 5.74) is 1.08. The molecule has 0 bridgehead atoms. The van der Waals surface area contributed by atoms with Gasteiger partial charge in [-0.15, -0.1) is 0 Å². The first-order chi connectivity index (χ1) is 11.8. The smallest absolute Gasteiger partial charge is 0.251 e. The maximum Gasteiger partial charge on any atom is 0.251 e. The highest BCUT2D eigenvalue weighted by Gasteiger charge is 2.22. The number of methoxy groups -OCH3 is 1. The first-order valence-electron chi connectivity index (χ1n) is 7.71. The second kappa shape index (κ2) is 8.09. The van der Waals surface area contributed by atoms with Gasteiger partial charge in [-0.05, 0) is 43.7 Å². The fraction of sp³-hybridized carbons (Fsp3) is 0.294. The van der Waals surface area contributed by atoms with Crippen LogP contribution in [0.3, 0.4) is 0 Å². The zero-order valence-electron chi connectivity index (χ0n) is 14.3. The summed E-state index contributed by atoms with van der Waals surface area (Å²) in [6.07, 6.45) is 3.30. The summed E-state index contributed by atoms with van der Waals surface area (Å²) in [5.74, 6) is -0.204. The molecule has 0 atom stereocenters. The molecule has 0 aliphatic heterocycles. The van der Waals surface area contributed by atoms with E-state index in [2.05, 4.69) is 15.0 Å². The van der Waals surface area contributed by atoms with Crippen molar-refractivity contribution in [3.63, 3.8) is 0 Å². The lowest BCUT2D eigenvalue weighted by atomic mass is 10.2. The van der Waals surface area contributed by atoms with E-state index in [0.717, 1.165) is 5.56 Å². The molecule has 7 nitrogen and oxygen atoms in total. The van der Waals surface area contributed by atoms with Crippen LogP contribution in [0, 0.1) is 0 Å². The molecule has 25 heavy (non-hydrogen) atoms. The second-order valence-corrected chi connectivity index (χ2v) is 7.37. The van der Waals surface area contributed by atoms with E-state index >= 15 is 0 Å². The Morgan fingerprint density at radius 3 is 2.64 bits per heavy atom. The van der Waals surface area contributed by atoms with Crippen molar-refractivity contribution >= 4 is 15.9 Å². The van der Waals surface area contributed by atoms with Gasteiger partial charge >= 0.3 is 0 Å². The van der Waals surface area contributed by atoms with Crippen molar-refractivity contribution in [1.29, 1.82) is 0 Å². The standard InChI is InChI=1S/C17H21N3O4S/c1-12(2)20-25(22,23)16-9-14(6-7-15(16)24-3)17(21)19-11-13-5-4-8-18-10-13/h4-10,12,20H,11H2,1-3H3,(H,19,21). The second-order valence-electron chi connectivity index (χ2n) is 5.69. The van der Waals surface area contributed by atoms with Crippen LogP contribution >= 0.6 is 0 Å². The predicted octanol–water partition coefficient (Wildman–Crippen LogP) is 1.71. The number of hydrogen-bond donors (Lipinski definition) is 2. The summed E-state index contributed by atoms with van der Waals surface area (Å²) in [7, 11) is -2.41. The minimum absolute atomic E-state index is 0.0715. The Balaban J connectivity index is 2.24. The molecule has 0 spiro atoms. The number of nitrogens with zero attached hydrogens (tertiary/aromatic N) is 1. The summed E-state index contributed by atoms with van der Waals surface area (Å²) in [6, 6.07) is 7.63. The van der Waals surface area contributed by atoms with Crippen LogP contribution in [0.25, 0.3) is 0 Å². The summed E-state index contributed by atoms with van der Waals surface area (Å²) >= 11 is 0. The molecule has 0 aliphatic rings. The number of carbonyl (C=O) groups is 1. The lowest BCUT2D eigenvalue weighted by Crippen LogP contribution is -2.31. The van der Waals surface area contributed by atoms with E-state index in [0.29, 0.717) is 6.54 Å². The highest BCUT2D eigenvalue weighted by atomic mass is 32.2. The number of sulfonamides is 1. The summed E-state index contributed by atoms with van der Waals surface area (Å²) < 4.78 is 32.5. The molecule has 0 aliphatic carbocycles. The first-order valence-corrected chi connectivity index (χ1v) is 9.19. The minimum Gasteiger partial charge on any atom is -0.495 e. The Morgan fingerprint density at radius 1 is 1.28 bits per heavy atom. The van der Waals surface area contributed by atoms with Crippen LogP contribution in [-0.2, 0) is 16.6 Å². The molecule has 1 heterocycles. The van der Waals surface area contributed by atoms with Crippen LogP contribution in [0.1, 0.15) is 29.8 Å². The lowest BCUT2D eigenvalue weighted by Gasteiger charge is -2.14. The molecular weight excluding hydrogens is 342 g/mol. The maximum atomic E-state index is 12.4. The number of aromatic nitrogens is 1. The monoisotopic (exact) mass is 363 g/mol. The third kappa shape index (κ3) is 5.01. The van der Waals surface area contributed by atoms with Crippen LogP contribution in [0.5, 0.6) is 5.75 Å². The average Bonchev–Trinajstić information content (AvgIpc) is 2.59. The predicted molar refractivity (Wildman–Crippen MR) is 93.9 cm³/mol. The Labute approximate surface area is 147 Å². The molecule has 0 fully saturated rings. The van der Waals surface area contributed by atoms with Crippen molar-refractivity contribution in [2.45, 2.75) is 31.3 Å². The number of hydrogen-bond acceptors (Lipinski definition) is 5. The average molecular weight is 363 g/mol. The third-order valence-corrected chi connectivity index (χ3v) is 4.96. The van der Waals surface area contributed by atoms with Crippen molar-refractivity contribution in [1.82, 2.24) is 15.0 Å². The van der Waals surface area contributed by atoms with Gasteiger partial charge < -0.3 is 10.1 Å². The summed E-state index contributed by atoms with van der Waals surface area (Å²) in [5, 5.41) is 2.74. The van der Waals surface area contributed by atoms with Gasteiger partial charge in [0, 0.05) is 30.5 Å². The molecule has 0 unspecified atom stereocenters. The van der Waals surface area contributed by atoms with E-state index in [-0.39, 0.29) is 28.2 Å². The fourth-order valence-electron chi connectivity index (χ4n) is 2.19.